The molecule has 0 saturated carbocycles. The summed E-state index contributed by atoms with van der Waals surface area (Å²) in [5, 5.41) is 10.1. The molecule has 0 aromatic carbocycles. The van der Waals surface area contributed by atoms with E-state index in [-0.39, 0.29) is 5.75 Å². The van der Waals surface area contributed by atoms with Gasteiger partial charge in [0.25, 0.3) is 0 Å². The van der Waals surface area contributed by atoms with Crippen molar-refractivity contribution in [2.24, 2.45) is 7.05 Å². The first-order valence-electron chi connectivity index (χ1n) is 8.80. The Balaban J connectivity index is 2.47. The van der Waals surface area contributed by atoms with Crippen LogP contribution >= 0.6 is 0 Å². The molecular formula is C17H11F13N4O2. The molecule has 0 fully saturated rings. The lowest BCUT2D eigenvalue weighted by Crippen LogP contribution is -2.70. The Kier molecular flexibility index (Phi) is 6.98. The lowest BCUT2D eigenvalue weighted by atomic mass is 9.90. The second-order valence-electron chi connectivity index (χ2n) is 6.88. The minimum Gasteiger partial charge on any atom is -0.495 e. The van der Waals surface area contributed by atoms with Gasteiger partial charge in [-0.05, 0) is 0 Å². The molecule has 0 radical (unpaired) electrons. The van der Waals surface area contributed by atoms with Crippen LogP contribution < -0.4 is 9.47 Å². The number of hydrogen-bond donors (Lipinski definition) is 0. The molecule has 6 nitrogen and oxygen atoms in total. The molecule has 2 aromatic heterocycles. The minimum absolute atomic E-state index is 0.0665. The van der Waals surface area contributed by atoms with Gasteiger partial charge in [0.05, 0.1) is 19.0 Å². The quantitative estimate of drug-likeness (QED) is 0.372. The molecule has 19 heteroatoms. The summed E-state index contributed by atoms with van der Waals surface area (Å²) in [6.45, 7) is 2.36. The fraction of sp³-hybridized carbons (Fsp3) is 0.471. The average molecular weight is 550 g/mol. The van der Waals surface area contributed by atoms with E-state index in [9.17, 15) is 57.1 Å². The highest BCUT2D eigenvalue weighted by Crippen LogP contribution is 2.61. The van der Waals surface area contributed by atoms with Crippen LogP contribution in [0.2, 0.25) is 0 Å². The van der Waals surface area contributed by atoms with Crippen LogP contribution in [0.15, 0.2) is 24.9 Å². The van der Waals surface area contributed by atoms with E-state index in [0.29, 0.717) is 10.7 Å². The van der Waals surface area contributed by atoms with Gasteiger partial charge in [-0.15, -0.1) is 5.10 Å². The molecule has 0 aliphatic rings. The first kappa shape index (κ1) is 29.0. The largest absolute Gasteiger partial charge is 0.495 e. The molecule has 0 spiro atoms. The maximum atomic E-state index is 14.3. The maximum absolute atomic E-state index is 14.3. The van der Waals surface area contributed by atoms with Crippen molar-refractivity contribution in [1.82, 2.24) is 20.0 Å². The Hall–Kier alpha value is -3.28. The summed E-state index contributed by atoms with van der Waals surface area (Å²) >= 11 is 0. The summed E-state index contributed by atoms with van der Waals surface area (Å²) in [5.41, 5.74) is -3.85. The van der Waals surface area contributed by atoms with Crippen molar-refractivity contribution in [2.45, 2.75) is 35.8 Å². The lowest BCUT2D eigenvalue weighted by Gasteiger charge is -2.40. The van der Waals surface area contributed by atoms with Crippen LogP contribution in [0.3, 0.4) is 0 Å². The van der Waals surface area contributed by atoms with Crippen molar-refractivity contribution >= 4 is 5.57 Å². The number of hydrogen-bond acceptors (Lipinski definition) is 5. The van der Waals surface area contributed by atoms with E-state index in [1.54, 1.807) is 0 Å². The zero-order valence-electron chi connectivity index (χ0n) is 17.5. The summed E-state index contributed by atoms with van der Waals surface area (Å²) in [6.07, 6.45) is -6.40. The van der Waals surface area contributed by atoms with Crippen molar-refractivity contribution in [1.29, 1.82) is 0 Å². The molecule has 2 rings (SSSR count). The monoisotopic (exact) mass is 550 g/mol. The number of nitrogens with zero attached hydrogens (tertiary/aromatic N) is 4. The number of allylic oxidation sites excluding steroid dienone is 1. The topological polar surface area (TPSA) is 62.1 Å². The van der Waals surface area contributed by atoms with Gasteiger partial charge in [0.1, 0.15) is 5.75 Å². The zero-order chi connectivity index (χ0) is 28.1. The second kappa shape index (κ2) is 8.68. The first-order valence-corrected chi connectivity index (χ1v) is 8.80. The van der Waals surface area contributed by atoms with Gasteiger partial charge in [0, 0.05) is 24.8 Å². The van der Waals surface area contributed by atoms with Crippen LogP contribution in [0, 0.1) is 0 Å². The molecule has 0 atom stereocenters. The highest BCUT2D eigenvalue weighted by atomic mass is 19.4. The lowest BCUT2D eigenvalue weighted by molar-refractivity contribution is -0.435. The number of halogens is 13. The third-order valence-corrected chi connectivity index (χ3v) is 4.51. The van der Waals surface area contributed by atoms with E-state index in [1.807, 2.05) is 0 Å². The summed E-state index contributed by atoms with van der Waals surface area (Å²) in [4.78, 5) is 0. The molecule has 2 aromatic rings. The molecular weight excluding hydrogens is 539 g/mol. The standard InChI is InChI=1S/C17H11F13N4O2/c1-7(9-5-11(34(2)33-9)36-10-4-8(35-3)6-31-32-10)12(18,19)13(20,21)14(22,23)15(24,25)16(26,27)17(28,29)30/h4-6H,1H2,2-3H3. The Bertz CT molecular complexity index is 1130. The average Bonchev–Trinajstić information content (AvgIpc) is 3.11. The molecule has 0 unspecified atom stereocenters. The normalized spacial score (nSPS) is 14.1. The van der Waals surface area contributed by atoms with Crippen molar-refractivity contribution in [3.63, 3.8) is 0 Å². The Morgan fingerprint density at radius 1 is 0.833 bits per heavy atom. The zero-order valence-corrected chi connectivity index (χ0v) is 17.5. The van der Waals surface area contributed by atoms with Gasteiger partial charge in [-0.3, -0.25) is 0 Å². The molecule has 0 bridgehead atoms. The summed E-state index contributed by atoms with van der Waals surface area (Å²) in [7, 11) is 2.14. The number of aromatic nitrogens is 4. The Morgan fingerprint density at radius 3 is 1.86 bits per heavy atom. The fourth-order valence-corrected chi connectivity index (χ4v) is 2.41. The minimum atomic E-state index is -8.02. The smallest absolute Gasteiger partial charge is 0.460 e. The Labute approximate surface area is 191 Å². The maximum Gasteiger partial charge on any atom is 0.460 e. The van der Waals surface area contributed by atoms with Gasteiger partial charge in [-0.1, -0.05) is 6.58 Å². The molecule has 0 aliphatic carbocycles. The van der Waals surface area contributed by atoms with Crippen molar-refractivity contribution in [3.05, 3.63) is 30.6 Å². The van der Waals surface area contributed by atoms with Crippen LogP contribution in [-0.2, 0) is 7.05 Å². The highest BCUT2D eigenvalue weighted by Gasteiger charge is 2.91. The van der Waals surface area contributed by atoms with E-state index in [1.165, 1.54) is 7.11 Å². The van der Waals surface area contributed by atoms with Crippen LogP contribution in [0.5, 0.6) is 17.5 Å². The molecule has 2 heterocycles. The molecule has 0 N–H and O–H groups in total. The van der Waals surface area contributed by atoms with E-state index in [2.05, 4.69) is 21.9 Å². The predicted octanol–water partition coefficient (Wildman–Crippen LogP) is 5.76. The molecule has 0 amide bonds. The summed E-state index contributed by atoms with van der Waals surface area (Å²) < 4.78 is 184. The summed E-state index contributed by atoms with van der Waals surface area (Å²) in [6, 6.07) is 1.44. The number of aryl methyl sites for hydroxylation is 1. The number of rotatable bonds is 9. The number of alkyl halides is 13. The first-order chi connectivity index (χ1) is 16.1. The van der Waals surface area contributed by atoms with Gasteiger partial charge in [0.2, 0.25) is 11.8 Å². The fourth-order valence-electron chi connectivity index (χ4n) is 2.41. The SMILES string of the molecule is C=C(c1cc(Oc2cc(OC)cnn2)n(C)n1)C(F)(F)C(F)(F)C(F)(F)C(F)(F)C(F)(F)C(F)(F)F. The third-order valence-electron chi connectivity index (χ3n) is 4.51. The number of methoxy groups -OCH3 is 1. The molecule has 202 valence electrons. The van der Waals surface area contributed by atoms with E-state index >= 15 is 0 Å². The van der Waals surface area contributed by atoms with E-state index in [4.69, 9.17) is 9.47 Å². The molecule has 36 heavy (non-hydrogen) atoms. The third kappa shape index (κ3) is 4.27. The van der Waals surface area contributed by atoms with Crippen molar-refractivity contribution in [2.75, 3.05) is 7.11 Å². The van der Waals surface area contributed by atoms with Crippen LogP contribution in [0.25, 0.3) is 5.57 Å². The predicted molar refractivity (Wildman–Crippen MR) is 91.7 cm³/mol. The van der Waals surface area contributed by atoms with Gasteiger partial charge in [-0.25, -0.2) is 4.68 Å². The van der Waals surface area contributed by atoms with Gasteiger partial charge in [-0.2, -0.15) is 67.3 Å². The summed E-state index contributed by atoms with van der Waals surface area (Å²) in [5.74, 6) is -38.8. The van der Waals surface area contributed by atoms with Gasteiger partial charge >= 0.3 is 35.8 Å². The van der Waals surface area contributed by atoms with Crippen molar-refractivity contribution in [3.8, 4) is 17.5 Å². The molecule has 0 aliphatic heterocycles. The van der Waals surface area contributed by atoms with Crippen LogP contribution in [0.4, 0.5) is 57.1 Å². The number of ether oxygens (including phenoxy) is 2. The Morgan fingerprint density at radius 2 is 1.36 bits per heavy atom. The van der Waals surface area contributed by atoms with Crippen LogP contribution in [0.1, 0.15) is 5.69 Å². The van der Waals surface area contributed by atoms with Gasteiger partial charge < -0.3 is 9.47 Å². The van der Waals surface area contributed by atoms with Gasteiger partial charge in [0.15, 0.2) is 0 Å². The molecule has 0 saturated heterocycles. The van der Waals surface area contributed by atoms with E-state index < -0.39 is 58.8 Å². The highest BCUT2D eigenvalue weighted by molar-refractivity contribution is 5.68. The van der Waals surface area contributed by atoms with Crippen molar-refractivity contribution < 1.29 is 66.5 Å². The van der Waals surface area contributed by atoms with E-state index in [0.717, 1.165) is 19.3 Å². The second-order valence-corrected chi connectivity index (χ2v) is 6.88. The van der Waals surface area contributed by atoms with Crippen LogP contribution in [-0.4, -0.2) is 62.9 Å².